The summed E-state index contributed by atoms with van der Waals surface area (Å²) in [5.74, 6) is 0.368. The van der Waals surface area contributed by atoms with E-state index in [2.05, 4.69) is 45.5 Å². The normalized spacial score (nSPS) is 14.7. The molecule has 1 aliphatic rings. The molecule has 5 rings (SSSR count). The minimum Gasteiger partial charge on any atom is -0.310 e. The van der Waals surface area contributed by atoms with E-state index >= 15 is 0 Å². The van der Waals surface area contributed by atoms with Crippen LogP contribution in [-0.2, 0) is 4.79 Å². The zero-order chi connectivity index (χ0) is 21.5. The first-order valence-electron chi connectivity index (χ1n) is 10.5. The number of nitrogens with one attached hydrogen (secondary N) is 2. The second-order valence-electron chi connectivity index (χ2n) is 8.22. The third-order valence-electron chi connectivity index (χ3n) is 5.77. The van der Waals surface area contributed by atoms with E-state index in [1.165, 1.54) is 0 Å². The number of anilines is 1. The molecule has 1 amide bonds. The summed E-state index contributed by atoms with van der Waals surface area (Å²) in [4.78, 5) is 18.3. The Hall–Kier alpha value is -3.52. The van der Waals surface area contributed by atoms with Gasteiger partial charge in [-0.3, -0.25) is 9.89 Å². The zero-order valence-electron chi connectivity index (χ0n) is 17.9. The van der Waals surface area contributed by atoms with Crippen molar-refractivity contribution in [3.63, 3.8) is 0 Å². The highest BCUT2D eigenvalue weighted by molar-refractivity contribution is 5.95. The zero-order valence-corrected chi connectivity index (χ0v) is 17.9. The minimum atomic E-state index is 0.0998. The van der Waals surface area contributed by atoms with Crippen LogP contribution in [0.5, 0.6) is 0 Å². The van der Waals surface area contributed by atoms with Crippen molar-refractivity contribution in [1.29, 1.82) is 0 Å². The lowest BCUT2D eigenvalue weighted by Gasteiger charge is -2.27. The third kappa shape index (κ3) is 3.38. The van der Waals surface area contributed by atoms with Crippen LogP contribution < -0.4 is 10.2 Å². The Morgan fingerprint density at radius 2 is 1.94 bits per heavy atom. The number of hydrogen-bond donors (Lipinski definition) is 2. The monoisotopic (exact) mass is 415 g/mol. The van der Waals surface area contributed by atoms with E-state index in [-0.39, 0.29) is 11.8 Å². The first-order chi connectivity index (χ1) is 15.0. The van der Waals surface area contributed by atoms with Gasteiger partial charge in [-0.1, -0.05) is 26.0 Å². The molecular formula is C23H25N7O. The van der Waals surface area contributed by atoms with E-state index in [0.29, 0.717) is 13.1 Å². The Morgan fingerprint density at radius 1 is 1.13 bits per heavy atom. The summed E-state index contributed by atoms with van der Waals surface area (Å²) < 4.78 is 1.80. The third-order valence-corrected chi connectivity index (χ3v) is 5.77. The van der Waals surface area contributed by atoms with Crippen molar-refractivity contribution < 1.29 is 4.79 Å². The quantitative estimate of drug-likeness (QED) is 0.534. The van der Waals surface area contributed by atoms with E-state index < -0.39 is 0 Å². The van der Waals surface area contributed by atoms with Crippen LogP contribution in [0.1, 0.15) is 30.9 Å². The number of rotatable bonds is 4. The SMILES string of the molecule is Cc1cc(-c2[nH]nc(-c3ccc(N4CCNCC4=O)cc3)c2C(C)C)cn2ncnc12. The fraction of sp³-hybridized carbons (Fsp3) is 0.304. The maximum Gasteiger partial charge on any atom is 0.240 e. The Bertz CT molecular complexity index is 1250. The molecule has 4 aromatic rings. The minimum absolute atomic E-state index is 0.0998. The van der Waals surface area contributed by atoms with Crippen molar-refractivity contribution in [1.82, 2.24) is 30.1 Å². The van der Waals surface area contributed by atoms with Gasteiger partial charge >= 0.3 is 0 Å². The molecule has 0 spiro atoms. The largest absolute Gasteiger partial charge is 0.310 e. The van der Waals surface area contributed by atoms with E-state index in [1.54, 1.807) is 10.8 Å². The van der Waals surface area contributed by atoms with Gasteiger partial charge in [-0.25, -0.2) is 9.50 Å². The van der Waals surface area contributed by atoms with Crippen molar-refractivity contribution in [2.75, 3.05) is 24.5 Å². The van der Waals surface area contributed by atoms with Gasteiger partial charge < -0.3 is 10.2 Å². The number of nitrogens with zero attached hydrogens (tertiary/aromatic N) is 5. The molecule has 1 saturated heterocycles. The highest BCUT2D eigenvalue weighted by Gasteiger charge is 2.22. The van der Waals surface area contributed by atoms with Crippen LogP contribution in [0.2, 0.25) is 0 Å². The predicted octanol–water partition coefficient (Wildman–Crippen LogP) is 3.15. The van der Waals surface area contributed by atoms with E-state index in [9.17, 15) is 4.79 Å². The number of aromatic amines is 1. The van der Waals surface area contributed by atoms with Gasteiger partial charge in [0.1, 0.15) is 6.33 Å². The van der Waals surface area contributed by atoms with Crippen LogP contribution in [0, 0.1) is 6.92 Å². The van der Waals surface area contributed by atoms with Crippen molar-refractivity contribution in [2.45, 2.75) is 26.7 Å². The van der Waals surface area contributed by atoms with Crippen molar-refractivity contribution >= 4 is 17.2 Å². The summed E-state index contributed by atoms with van der Waals surface area (Å²) in [5, 5.41) is 15.3. The maximum atomic E-state index is 12.2. The second-order valence-corrected chi connectivity index (χ2v) is 8.22. The molecule has 0 saturated carbocycles. The summed E-state index contributed by atoms with van der Waals surface area (Å²) in [6.07, 6.45) is 3.55. The number of piperazine rings is 1. The summed E-state index contributed by atoms with van der Waals surface area (Å²) >= 11 is 0. The lowest BCUT2D eigenvalue weighted by atomic mass is 9.94. The second kappa shape index (κ2) is 7.63. The number of pyridine rings is 1. The summed E-state index contributed by atoms with van der Waals surface area (Å²) in [6.45, 7) is 8.27. The van der Waals surface area contributed by atoms with Gasteiger partial charge in [0.05, 0.1) is 17.9 Å². The molecule has 1 aromatic carbocycles. The number of carbonyl (C=O) groups excluding carboxylic acids is 1. The molecular weight excluding hydrogens is 390 g/mol. The smallest absolute Gasteiger partial charge is 0.240 e. The number of aromatic nitrogens is 5. The number of carbonyl (C=O) groups is 1. The van der Waals surface area contributed by atoms with Crippen LogP contribution in [0.4, 0.5) is 5.69 Å². The molecule has 0 radical (unpaired) electrons. The number of amides is 1. The Labute approximate surface area is 180 Å². The topological polar surface area (TPSA) is 91.2 Å². The summed E-state index contributed by atoms with van der Waals surface area (Å²) in [6, 6.07) is 10.2. The van der Waals surface area contributed by atoms with Crippen LogP contribution in [0.3, 0.4) is 0 Å². The fourth-order valence-electron chi connectivity index (χ4n) is 4.26. The Balaban J connectivity index is 1.54. The van der Waals surface area contributed by atoms with Gasteiger partial charge in [0.2, 0.25) is 5.91 Å². The molecule has 1 fully saturated rings. The lowest BCUT2D eigenvalue weighted by Crippen LogP contribution is -2.48. The van der Waals surface area contributed by atoms with Gasteiger partial charge in [0.25, 0.3) is 0 Å². The molecule has 3 aromatic heterocycles. The molecule has 4 heterocycles. The Kier molecular flexibility index (Phi) is 4.78. The number of fused-ring (bicyclic) bond motifs is 1. The Morgan fingerprint density at radius 3 is 2.68 bits per heavy atom. The van der Waals surface area contributed by atoms with Crippen LogP contribution in [-0.4, -0.2) is 50.3 Å². The highest BCUT2D eigenvalue weighted by Crippen LogP contribution is 2.36. The molecule has 158 valence electrons. The number of hydrogen-bond acceptors (Lipinski definition) is 5. The molecule has 1 aliphatic heterocycles. The number of H-pyrrole nitrogens is 1. The van der Waals surface area contributed by atoms with E-state index in [4.69, 9.17) is 0 Å². The first-order valence-corrected chi connectivity index (χ1v) is 10.5. The average Bonchev–Trinajstić information content (AvgIpc) is 3.42. The van der Waals surface area contributed by atoms with Crippen LogP contribution in [0.15, 0.2) is 42.9 Å². The van der Waals surface area contributed by atoms with Crippen molar-refractivity contribution in [2.24, 2.45) is 0 Å². The average molecular weight is 416 g/mol. The molecule has 0 aliphatic carbocycles. The maximum absolute atomic E-state index is 12.2. The van der Waals surface area contributed by atoms with Gasteiger partial charge in [0.15, 0.2) is 5.65 Å². The first kappa shape index (κ1) is 19.4. The summed E-state index contributed by atoms with van der Waals surface area (Å²) in [7, 11) is 0. The highest BCUT2D eigenvalue weighted by atomic mass is 16.2. The van der Waals surface area contributed by atoms with Crippen molar-refractivity contribution in [3.8, 4) is 22.5 Å². The van der Waals surface area contributed by atoms with E-state index in [0.717, 1.165) is 51.5 Å². The van der Waals surface area contributed by atoms with Crippen LogP contribution in [0.25, 0.3) is 28.2 Å². The standard InChI is InChI=1S/C23H25N7O/c1-14(2)20-21(16-4-6-18(7-5-16)29-9-8-24-11-19(29)31)27-28-22(20)17-10-15(3)23-25-13-26-30(23)12-17/h4-7,10,12-14,24H,8-9,11H2,1-3H3,(H,27,28). The number of benzene rings is 1. The van der Waals surface area contributed by atoms with Gasteiger partial charge in [-0.15, -0.1) is 0 Å². The van der Waals surface area contributed by atoms with Gasteiger partial charge in [0, 0.05) is 41.7 Å². The summed E-state index contributed by atoms with van der Waals surface area (Å²) in [5.41, 5.74) is 7.97. The predicted molar refractivity (Wildman–Crippen MR) is 120 cm³/mol. The molecule has 31 heavy (non-hydrogen) atoms. The van der Waals surface area contributed by atoms with Gasteiger partial charge in [-0.05, 0) is 36.6 Å². The van der Waals surface area contributed by atoms with Crippen LogP contribution >= 0.6 is 0 Å². The molecule has 0 unspecified atom stereocenters. The molecule has 8 heteroatoms. The van der Waals surface area contributed by atoms with Crippen molar-refractivity contribution in [3.05, 3.63) is 54.0 Å². The van der Waals surface area contributed by atoms with Gasteiger partial charge in [-0.2, -0.15) is 10.2 Å². The molecule has 0 bridgehead atoms. The lowest BCUT2D eigenvalue weighted by molar-refractivity contribution is -0.118. The van der Waals surface area contributed by atoms with E-state index in [1.807, 2.05) is 42.3 Å². The molecule has 2 N–H and O–H groups in total. The number of aryl methyl sites for hydroxylation is 1. The molecule has 8 nitrogen and oxygen atoms in total. The fourth-order valence-corrected chi connectivity index (χ4v) is 4.26. The molecule has 0 atom stereocenters.